The van der Waals surface area contributed by atoms with Gasteiger partial charge in [0.1, 0.15) is 17.4 Å². The van der Waals surface area contributed by atoms with Gasteiger partial charge in [0.2, 0.25) is 0 Å². The Kier molecular flexibility index (Phi) is 3.24. The number of hydrogen-bond acceptors (Lipinski definition) is 2. The fourth-order valence-corrected chi connectivity index (χ4v) is 1.87. The molecule has 90 valence electrons. The molecule has 1 aromatic carbocycles. The summed E-state index contributed by atoms with van der Waals surface area (Å²) in [6.45, 7) is 1.81. The second-order valence-corrected chi connectivity index (χ2v) is 4.02. The van der Waals surface area contributed by atoms with Crippen LogP contribution in [0.3, 0.4) is 0 Å². The van der Waals surface area contributed by atoms with Crippen LogP contribution in [-0.4, -0.2) is 0 Å². The lowest BCUT2D eigenvalue weighted by Crippen LogP contribution is -2.13. The number of furan rings is 1. The fourth-order valence-electron chi connectivity index (χ4n) is 1.87. The Morgan fingerprint density at radius 2 is 1.88 bits per heavy atom. The van der Waals surface area contributed by atoms with Gasteiger partial charge < -0.3 is 10.2 Å². The Bertz CT molecular complexity index is 502. The van der Waals surface area contributed by atoms with Gasteiger partial charge in [-0.05, 0) is 37.1 Å². The predicted molar refractivity (Wildman–Crippen MR) is 60.4 cm³/mol. The molecule has 0 saturated carbocycles. The monoisotopic (exact) mass is 237 g/mol. The lowest BCUT2D eigenvalue weighted by atomic mass is 10.00. The van der Waals surface area contributed by atoms with Crippen molar-refractivity contribution in [1.82, 2.24) is 0 Å². The largest absolute Gasteiger partial charge is 0.469 e. The maximum Gasteiger partial charge on any atom is 0.126 e. The number of hydrogen-bond donors (Lipinski definition) is 1. The zero-order chi connectivity index (χ0) is 12.4. The van der Waals surface area contributed by atoms with Gasteiger partial charge in [0.05, 0.1) is 6.26 Å². The quantitative estimate of drug-likeness (QED) is 0.890. The van der Waals surface area contributed by atoms with Crippen molar-refractivity contribution in [3.05, 3.63) is 59.1 Å². The molecule has 0 radical (unpaired) electrons. The van der Waals surface area contributed by atoms with E-state index in [0.717, 1.165) is 17.4 Å². The smallest absolute Gasteiger partial charge is 0.126 e. The Morgan fingerprint density at radius 3 is 2.41 bits per heavy atom. The van der Waals surface area contributed by atoms with E-state index in [2.05, 4.69) is 0 Å². The van der Waals surface area contributed by atoms with Crippen LogP contribution in [0.15, 0.2) is 34.9 Å². The minimum absolute atomic E-state index is 0.324. The zero-order valence-corrected chi connectivity index (χ0v) is 9.41. The van der Waals surface area contributed by atoms with E-state index in [-0.39, 0.29) is 6.04 Å². The van der Waals surface area contributed by atoms with Crippen molar-refractivity contribution in [2.45, 2.75) is 19.4 Å². The second-order valence-electron chi connectivity index (χ2n) is 4.02. The van der Waals surface area contributed by atoms with Crippen LogP contribution in [-0.2, 0) is 6.42 Å². The van der Waals surface area contributed by atoms with E-state index in [9.17, 15) is 8.78 Å². The molecule has 0 aliphatic heterocycles. The normalized spacial score (nSPS) is 12.7. The third-order valence-electron chi connectivity index (χ3n) is 2.68. The van der Waals surface area contributed by atoms with Gasteiger partial charge in [-0.25, -0.2) is 8.78 Å². The van der Waals surface area contributed by atoms with Crippen molar-refractivity contribution < 1.29 is 13.2 Å². The van der Waals surface area contributed by atoms with E-state index in [1.165, 1.54) is 12.1 Å². The maximum absolute atomic E-state index is 13.0. The molecule has 0 spiro atoms. The number of aryl methyl sites for hydroxylation is 1. The predicted octanol–water partition coefficient (Wildman–Crippen LogP) is 3.11. The van der Waals surface area contributed by atoms with Crippen molar-refractivity contribution in [3.8, 4) is 0 Å². The zero-order valence-electron chi connectivity index (χ0n) is 9.41. The first-order valence-corrected chi connectivity index (χ1v) is 5.31. The number of benzene rings is 1. The van der Waals surface area contributed by atoms with Crippen LogP contribution in [0.2, 0.25) is 0 Å². The fraction of sp³-hybridized carbons (Fsp3) is 0.231. The summed E-state index contributed by atoms with van der Waals surface area (Å²) in [5.41, 5.74) is 7.36. The lowest BCUT2D eigenvalue weighted by molar-refractivity contribution is 0.523. The summed E-state index contributed by atoms with van der Waals surface area (Å²) in [5, 5.41) is 0. The van der Waals surface area contributed by atoms with Gasteiger partial charge >= 0.3 is 0 Å². The van der Waals surface area contributed by atoms with Gasteiger partial charge in [-0.15, -0.1) is 0 Å². The Labute approximate surface area is 98.0 Å². The highest BCUT2D eigenvalue weighted by atomic mass is 19.1. The molecule has 2 rings (SSSR count). The Balaban J connectivity index is 2.18. The van der Waals surface area contributed by atoms with Crippen LogP contribution in [0.1, 0.15) is 22.9 Å². The SMILES string of the molecule is Cc1occc1C(N)Cc1cc(F)cc(F)c1. The highest BCUT2D eigenvalue weighted by molar-refractivity contribution is 5.25. The van der Waals surface area contributed by atoms with Crippen LogP contribution in [0.4, 0.5) is 8.78 Å². The van der Waals surface area contributed by atoms with E-state index in [4.69, 9.17) is 10.2 Å². The highest BCUT2D eigenvalue weighted by Crippen LogP contribution is 2.21. The minimum Gasteiger partial charge on any atom is -0.469 e. The van der Waals surface area contributed by atoms with Gasteiger partial charge in [0.25, 0.3) is 0 Å². The summed E-state index contributed by atoms with van der Waals surface area (Å²) in [7, 11) is 0. The first-order chi connectivity index (χ1) is 8.06. The Hall–Kier alpha value is -1.68. The van der Waals surface area contributed by atoms with Gasteiger partial charge in [0.15, 0.2) is 0 Å². The van der Waals surface area contributed by atoms with E-state index in [1.54, 1.807) is 19.3 Å². The van der Waals surface area contributed by atoms with Crippen molar-refractivity contribution in [1.29, 1.82) is 0 Å². The standard InChI is InChI=1S/C13H13F2NO/c1-8-12(2-3-17-8)13(16)6-9-4-10(14)7-11(15)5-9/h2-5,7,13H,6,16H2,1H3. The first kappa shape index (κ1) is 11.8. The average Bonchev–Trinajstić information content (AvgIpc) is 2.62. The van der Waals surface area contributed by atoms with Crippen molar-refractivity contribution in [2.24, 2.45) is 5.73 Å². The molecule has 2 N–H and O–H groups in total. The van der Waals surface area contributed by atoms with Crippen LogP contribution in [0.5, 0.6) is 0 Å². The number of rotatable bonds is 3. The third-order valence-corrected chi connectivity index (χ3v) is 2.68. The van der Waals surface area contributed by atoms with Crippen molar-refractivity contribution >= 4 is 0 Å². The molecular formula is C13H13F2NO. The van der Waals surface area contributed by atoms with Crippen molar-refractivity contribution in [3.63, 3.8) is 0 Å². The third kappa shape index (κ3) is 2.71. The first-order valence-electron chi connectivity index (χ1n) is 5.31. The van der Waals surface area contributed by atoms with Crippen LogP contribution in [0.25, 0.3) is 0 Å². The molecule has 0 fully saturated rings. The summed E-state index contributed by atoms with van der Waals surface area (Å²) in [6, 6.07) is 4.87. The summed E-state index contributed by atoms with van der Waals surface area (Å²) in [5.74, 6) is -0.443. The van der Waals surface area contributed by atoms with Gasteiger partial charge in [-0.1, -0.05) is 0 Å². The highest BCUT2D eigenvalue weighted by Gasteiger charge is 2.13. The summed E-state index contributed by atoms with van der Waals surface area (Å²) < 4.78 is 31.1. The minimum atomic E-state index is -0.587. The summed E-state index contributed by atoms with van der Waals surface area (Å²) in [4.78, 5) is 0. The van der Waals surface area contributed by atoms with E-state index in [0.29, 0.717) is 12.0 Å². The maximum atomic E-state index is 13.0. The van der Waals surface area contributed by atoms with Crippen LogP contribution >= 0.6 is 0 Å². The summed E-state index contributed by atoms with van der Waals surface area (Å²) >= 11 is 0. The van der Waals surface area contributed by atoms with E-state index >= 15 is 0 Å². The molecule has 4 heteroatoms. The Morgan fingerprint density at radius 1 is 1.24 bits per heavy atom. The van der Waals surface area contributed by atoms with E-state index < -0.39 is 11.6 Å². The van der Waals surface area contributed by atoms with Crippen molar-refractivity contribution in [2.75, 3.05) is 0 Å². The molecule has 1 heterocycles. The molecule has 1 unspecified atom stereocenters. The van der Waals surface area contributed by atoms with Crippen LogP contribution < -0.4 is 5.73 Å². The molecule has 0 amide bonds. The molecular weight excluding hydrogens is 224 g/mol. The molecule has 17 heavy (non-hydrogen) atoms. The second kappa shape index (κ2) is 4.67. The number of halogens is 2. The van der Waals surface area contributed by atoms with Gasteiger partial charge in [-0.2, -0.15) is 0 Å². The topological polar surface area (TPSA) is 39.2 Å². The molecule has 0 aliphatic carbocycles. The summed E-state index contributed by atoms with van der Waals surface area (Å²) in [6.07, 6.45) is 1.92. The molecule has 0 aliphatic rings. The molecule has 2 nitrogen and oxygen atoms in total. The van der Waals surface area contributed by atoms with Gasteiger partial charge in [0, 0.05) is 17.7 Å². The molecule has 0 bridgehead atoms. The molecule has 0 saturated heterocycles. The van der Waals surface area contributed by atoms with Crippen LogP contribution in [0, 0.1) is 18.6 Å². The molecule has 1 atom stereocenters. The lowest BCUT2D eigenvalue weighted by Gasteiger charge is -2.11. The van der Waals surface area contributed by atoms with Gasteiger partial charge in [-0.3, -0.25) is 0 Å². The van der Waals surface area contributed by atoms with E-state index in [1.807, 2.05) is 0 Å². The number of nitrogens with two attached hydrogens (primary N) is 1. The average molecular weight is 237 g/mol. The molecule has 1 aromatic heterocycles. The molecule has 2 aromatic rings.